The lowest BCUT2D eigenvalue weighted by Crippen LogP contribution is -2.02. The van der Waals surface area contributed by atoms with Crippen molar-refractivity contribution in [2.75, 3.05) is 0 Å². The average molecular weight is 273 g/mol. The van der Waals surface area contributed by atoms with Crippen LogP contribution in [0.4, 0.5) is 0 Å². The van der Waals surface area contributed by atoms with Gasteiger partial charge in [0.1, 0.15) is 0 Å². The standard InChI is InChI=1S/C13H15N5S/c1-9(2)11-4-6-12(7-5-11)18-13(15-16-17-18)19-10(3)8-14/h4-7,9-10H,1-3H3/t10-/m0/s1. The third-order valence-electron chi connectivity index (χ3n) is 2.71. The van der Waals surface area contributed by atoms with E-state index in [-0.39, 0.29) is 5.25 Å². The van der Waals surface area contributed by atoms with Crippen LogP contribution in [-0.2, 0) is 0 Å². The molecular weight excluding hydrogens is 258 g/mol. The molecule has 0 unspecified atom stereocenters. The van der Waals surface area contributed by atoms with E-state index in [1.807, 2.05) is 19.1 Å². The van der Waals surface area contributed by atoms with Crippen molar-refractivity contribution in [2.24, 2.45) is 0 Å². The number of aromatic nitrogens is 4. The Morgan fingerprint density at radius 2 is 1.89 bits per heavy atom. The number of nitrogens with zero attached hydrogens (tertiary/aromatic N) is 5. The van der Waals surface area contributed by atoms with Gasteiger partial charge in [0.25, 0.3) is 0 Å². The average Bonchev–Trinajstić information content (AvgIpc) is 2.86. The van der Waals surface area contributed by atoms with Crippen LogP contribution in [0.1, 0.15) is 32.3 Å². The SMILES string of the molecule is CC(C)c1ccc(-n2nnnc2S[C@@H](C)C#N)cc1. The van der Waals surface area contributed by atoms with Crippen molar-refractivity contribution < 1.29 is 0 Å². The van der Waals surface area contributed by atoms with E-state index in [4.69, 9.17) is 5.26 Å². The number of benzene rings is 1. The Labute approximate surface area is 116 Å². The van der Waals surface area contributed by atoms with Gasteiger partial charge in [-0.05, 0) is 41.0 Å². The maximum absolute atomic E-state index is 8.84. The van der Waals surface area contributed by atoms with Crippen molar-refractivity contribution in [1.29, 1.82) is 5.26 Å². The van der Waals surface area contributed by atoms with E-state index >= 15 is 0 Å². The predicted molar refractivity (Wildman–Crippen MR) is 74.2 cm³/mol. The summed E-state index contributed by atoms with van der Waals surface area (Å²) in [6, 6.07) is 10.3. The highest BCUT2D eigenvalue weighted by Crippen LogP contribution is 2.23. The van der Waals surface area contributed by atoms with E-state index in [1.54, 1.807) is 4.68 Å². The lowest BCUT2D eigenvalue weighted by molar-refractivity contribution is 0.754. The summed E-state index contributed by atoms with van der Waals surface area (Å²) in [5.74, 6) is 0.496. The van der Waals surface area contributed by atoms with Crippen LogP contribution < -0.4 is 0 Å². The van der Waals surface area contributed by atoms with Crippen LogP contribution in [0.3, 0.4) is 0 Å². The second-order valence-electron chi connectivity index (χ2n) is 4.51. The molecule has 0 radical (unpaired) electrons. The highest BCUT2D eigenvalue weighted by Gasteiger charge is 2.12. The smallest absolute Gasteiger partial charge is 0.197 e. The molecule has 0 aliphatic heterocycles. The molecule has 1 aromatic carbocycles. The molecule has 0 aliphatic rings. The lowest BCUT2D eigenvalue weighted by atomic mass is 10.0. The lowest BCUT2D eigenvalue weighted by Gasteiger charge is -2.08. The summed E-state index contributed by atoms with van der Waals surface area (Å²) in [7, 11) is 0. The summed E-state index contributed by atoms with van der Waals surface area (Å²) < 4.78 is 1.66. The van der Waals surface area contributed by atoms with Gasteiger partial charge < -0.3 is 0 Å². The monoisotopic (exact) mass is 273 g/mol. The summed E-state index contributed by atoms with van der Waals surface area (Å²) in [5, 5.41) is 20.9. The first-order chi connectivity index (χ1) is 9.11. The highest BCUT2D eigenvalue weighted by atomic mass is 32.2. The molecule has 1 heterocycles. The van der Waals surface area contributed by atoms with Crippen LogP contribution in [0.2, 0.25) is 0 Å². The zero-order valence-electron chi connectivity index (χ0n) is 11.1. The summed E-state index contributed by atoms with van der Waals surface area (Å²) in [5.41, 5.74) is 2.18. The summed E-state index contributed by atoms with van der Waals surface area (Å²) in [4.78, 5) is 0. The van der Waals surface area contributed by atoms with E-state index in [0.29, 0.717) is 11.1 Å². The van der Waals surface area contributed by atoms with Crippen LogP contribution in [0.5, 0.6) is 0 Å². The summed E-state index contributed by atoms with van der Waals surface area (Å²) in [6.45, 7) is 6.13. The van der Waals surface area contributed by atoms with E-state index in [9.17, 15) is 0 Å². The summed E-state index contributed by atoms with van der Waals surface area (Å²) in [6.07, 6.45) is 0. The quantitative estimate of drug-likeness (QED) is 0.801. The van der Waals surface area contributed by atoms with Gasteiger partial charge in [0.2, 0.25) is 5.16 Å². The zero-order chi connectivity index (χ0) is 13.8. The zero-order valence-corrected chi connectivity index (χ0v) is 11.9. The molecular formula is C13H15N5S. The molecule has 0 amide bonds. The third kappa shape index (κ3) is 3.12. The van der Waals surface area contributed by atoms with E-state index in [1.165, 1.54) is 17.3 Å². The van der Waals surface area contributed by atoms with Gasteiger partial charge in [0.05, 0.1) is 17.0 Å². The molecule has 19 heavy (non-hydrogen) atoms. The van der Waals surface area contributed by atoms with Gasteiger partial charge in [-0.3, -0.25) is 0 Å². The second-order valence-corrected chi connectivity index (χ2v) is 5.82. The molecule has 6 heteroatoms. The molecule has 2 rings (SSSR count). The van der Waals surface area contributed by atoms with E-state index in [0.717, 1.165) is 5.69 Å². The van der Waals surface area contributed by atoms with Gasteiger partial charge in [-0.2, -0.15) is 9.94 Å². The van der Waals surface area contributed by atoms with Gasteiger partial charge in [0.15, 0.2) is 0 Å². The molecule has 0 bridgehead atoms. The van der Waals surface area contributed by atoms with Gasteiger partial charge in [-0.15, -0.1) is 5.10 Å². The van der Waals surface area contributed by atoms with Crippen LogP contribution in [0.25, 0.3) is 5.69 Å². The molecule has 0 saturated carbocycles. The fourth-order valence-corrected chi connectivity index (χ4v) is 2.29. The molecule has 0 N–H and O–H groups in total. The number of hydrogen-bond donors (Lipinski definition) is 0. The molecule has 5 nitrogen and oxygen atoms in total. The van der Waals surface area contributed by atoms with Crippen LogP contribution in [0, 0.1) is 11.3 Å². The largest absolute Gasteiger partial charge is 0.215 e. The number of nitriles is 1. The van der Waals surface area contributed by atoms with Gasteiger partial charge >= 0.3 is 0 Å². The number of hydrogen-bond acceptors (Lipinski definition) is 5. The van der Waals surface area contributed by atoms with Crippen molar-refractivity contribution in [2.45, 2.75) is 37.1 Å². The minimum absolute atomic E-state index is 0.181. The highest BCUT2D eigenvalue weighted by molar-refractivity contribution is 8.00. The van der Waals surface area contributed by atoms with Crippen LogP contribution >= 0.6 is 11.8 Å². The maximum Gasteiger partial charge on any atom is 0.215 e. The molecule has 0 spiro atoms. The molecule has 0 aliphatic carbocycles. The minimum atomic E-state index is -0.181. The number of rotatable bonds is 4. The first kappa shape index (κ1) is 13.6. The van der Waals surface area contributed by atoms with Crippen molar-refractivity contribution in [3.63, 3.8) is 0 Å². The van der Waals surface area contributed by atoms with Gasteiger partial charge in [-0.25, -0.2) is 0 Å². The fourth-order valence-electron chi connectivity index (χ4n) is 1.60. The fraction of sp³-hybridized carbons (Fsp3) is 0.385. The van der Waals surface area contributed by atoms with E-state index < -0.39 is 0 Å². The third-order valence-corrected chi connectivity index (χ3v) is 3.63. The molecule has 98 valence electrons. The Kier molecular flexibility index (Phi) is 4.17. The molecule has 2 aromatic rings. The normalized spacial score (nSPS) is 12.4. The molecule has 1 atom stereocenters. The Balaban J connectivity index is 2.27. The Morgan fingerprint density at radius 1 is 1.21 bits per heavy atom. The summed E-state index contributed by atoms with van der Waals surface area (Å²) >= 11 is 1.35. The topological polar surface area (TPSA) is 67.4 Å². The first-order valence-electron chi connectivity index (χ1n) is 6.07. The van der Waals surface area contributed by atoms with Crippen LogP contribution in [0.15, 0.2) is 29.4 Å². The molecule has 1 aromatic heterocycles. The number of thioether (sulfide) groups is 1. The van der Waals surface area contributed by atoms with Crippen molar-refractivity contribution in [3.05, 3.63) is 29.8 Å². The van der Waals surface area contributed by atoms with Crippen molar-refractivity contribution in [1.82, 2.24) is 20.2 Å². The maximum atomic E-state index is 8.84. The Morgan fingerprint density at radius 3 is 2.47 bits per heavy atom. The Bertz CT molecular complexity index is 582. The Hall–Kier alpha value is -1.87. The van der Waals surface area contributed by atoms with Crippen LogP contribution in [-0.4, -0.2) is 25.5 Å². The van der Waals surface area contributed by atoms with Gasteiger partial charge in [-0.1, -0.05) is 37.7 Å². The molecule has 0 saturated heterocycles. The first-order valence-corrected chi connectivity index (χ1v) is 6.94. The van der Waals surface area contributed by atoms with Gasteiger partial charge in [0, 0.05) is 0 Å². The second kappa shape index (κ2) is 5.85. The van der Waals surface area contributed by atoms with Crippen molar-refractivity contribution >= 4 is 11.8 Å². The minimum Gasteiger partial charge on any atom is -0.197 e. The van der Waals surface area contributed by atoms with Crippen molar-refractivity contribution in [3.8, 4) is 11.8 Å². The van der Waals surface area contributed by atoms with E-state index in [2.05, 4.69) is 47.6 Å². The number of tetrazole rings is 1. The molecule has 0 fully saturated rings. The predicted octanol–water partition coefficient (Wildman–Crippen LogP) is 2.79.